The number of nitrogens with one attached hydrogen (secondary N) is 1. The van der Waals surface area contributed by atoms with Crippen molar-refractivity contribution in [2.24, 2.45) is 0 Å². The van der Waals surface area contributed by atoms with Gasteiger partial charge in [-0.15, -0.1) is 0 Å². The van der Waals surface area contributed by atoms with Gasteiger partial charge in [0.05, 0.1) is 18.8 Å². The number of halogens is 2. The zero-order valence-electron chi connectivity index (χ0n) is 16.6. The molecule has 0 radical (unpaired) electrons. The minimum Gasteiger partial charge on any atom is -0.442 e. The van der Waals surface area contributed by atoms with Crippen LogP contribution in [0, 0.1) is 11.6 Å². The normalized spacial score (nSPS) is 20.2. The second-order valence-corrected chi connectivity index (χ2v) is 8.46. The maximum absolute atomic E-state index is 14.8. The average molecular weight is 428 g/mol. The zero-order valence-corrected chi connectivity index (χ0v) is 17.4. The number of ether oxygens (including phenoxy) is 1. The van der Waals surface area contributed by atoms with E-state index in [1.54, 1.807) is 4.90 Å². The van der Waals surface area contributed by atoms with Crippen LogP contribution < -0.4 is 15.1 Å². The number of amides is 2. The Morgan fingerprint density at radius 2 is 1.90 bits per heavy atom. The van der Waals surface area contributed by atoms with Crippen molar-refractivity contribution in [2.75, 3.05) is 47.5 Å². The predicted molar refractivity (Wildman–Crippen MR) is 111 cm³/mol. The minimum absolute atomic E-state index is 0.0309. The fourth-order valence-corrected chi connectivity index (χ4v) is 4.41. The third kappa shape index (κ3) is 5.52. The predicted octanol–water partition coefficient (Wildman–Crippen LogP) is 3.54. The number of benzene rings is 1. The molecule has 1 aromatic rings. The Bertz CT molecular complexity index is 719. The van der Waals surface area contributed by atoms with Gasteiger partial charge in [-0.1, -0.05) is 6.92 Å². The van der Waals surface area contributed by atoms with E-state index < -0.39 is 23.8 Å². The topological polar surface area (TPSA) is 61.9 Å². The van der Waals surface area contributed by atoms with Gasteiger partial charge < -0.3 is 15.0 Å². The highest BCUT2D eigenvalue weighted by molar-refractivity contribution is 7.99. The summed E-state index contributed by atoms with van der Waals surface area (Å²) in [6, 6.07) is 2.37. The van der Waals surface area contributed by atoms with Crippen molar-refractivity contribution in [1.82, 2.24) is 5.32 Å². The Kier molecular flexibility index (Phi) is 7.57. The Morgan fingerprint density at radius 1 is 1.24 bits per heavy atom. The first-order valence-corrected chi connectivity index (χ1v) is 11.2. The number of cyclic esters (lactones) is 1. The summed E-state index contributed by atoms with van der Waals surface area (Å²) in [7, 11) is 0. The van der Waals surface area contributed by atoms with Crippen molar-refractivity contribution in [3.8, 4) is 0 Å². The van der Waals surface area contributed by atoms with Gasteiger partial charge in [-0.2, -0.15) is 11.8 Å². The molecule has 3 rings (SSSR count). The highest BCUT2D eigenvalue weighted by Crippen LogP contribution is 2.32. The van der Waals surface area contributed by atoms with Crippen molar-refractivity contribution < 1.29 is 23.1 Å². The maximum Gasteiger partial charge on any atom is 0.414 e. The van der Waals surface area contributed by atoms with Crippen molar-refractivity contribution in [1.29, 1.82) is 0 Å². The fraction of sp³-hybridized carbons (Fsp3) is 0.600. The summed E-state index contributed by atoms with van der Waals surface area (Å²) in [6.07, 6.45) is 1.64. The highest BCUT2D eigenvalue weighted by Gasteiger charge is 2.33. The molecule has 2 amide bonds. The summed E-state index contributed by atoms with van der Waals surface area (Å²) in [5.74, 6) is 0.484. The van der Waals surface area contributed by atoms with Crippen molar-refractivity contribution in [2.45, 2.75) is 38.7 Å². The van der Waals surface area contributed by atoms with Gasteiger partial charge in [0.2, 0.25) is 5.91 Å². The molecule has 29 heavy (non-hydrogen) atoms. The lowest BCUT2D eigenvalue weighted by atomic mass is 10.2. The van der Waals surface area contributed by atoms with Crippen LogP contribution in [0.3, 0.4) is 0 Å². The number of thioether (sulfide) groups is 1. The standard InChI is InChI=1S/C20H27F2N3O3S/c1-2-5-18(26)23-12-15-13-25(20(27)28-15)14-10-16(21)19(17(22)11-14)24-6-3-8-29-9-4-7-24/h10-11,15H,2-9,12-13H2,1H3,(H,23,26)/t15-/m0/s1. The van der Waals surface area contributed by atoms with E-state index in [0.717, 1.165) is 30.8 Å². The smallest absolute Gasteiger partial charge is 0.414 e. The van der Waals surface area contributed by atoms with Gasteiger partial charge in [-0.25, -0.2) is 13.6 Å². The second kappa shape index (κ2) is 10.1. The van der Waals surface area contributed by atoms with E-state index in [1.165, 1.54) is 17.0 Å². The molecular formula is C20H27F2N3O3S. The Balaban J connectivity index is 1.69. The summed E-state index contributed by atoms with van der Waals surface area (Å²) >= 11 is 1.86. The fourth-order valence-electron chi connectivity index (χ4n) is 3.54. The molecule has 160 valence electrons. The molecule has 0 aliphatic carbocycles. The molecule has 0 bridgehead atoms. The lowest BCUT2D eigenvalue weighted by Crippen LogP contribution is -2.34. The van der Waals surface area contributed by atoms with Gasteiger partial charge in [-0.05, 0) is 30.8 Å². The van der Waals surface area contributed by atoms with Gasteiger partial charge in [0, 0.05) is 31.6 Å². The molecule has 1 atom stereocenters. The molecule has 0 unspecified atom stereocenters. The summed E-state index contributed by atoms with van der Waals surface area (Å²) in [5.41, 5.74) is 0.0929. The van der Waals surface area contributed by atoms with Crippen LogP contribution in [-0.2, 0) is 9.53 Å². The van der Waals surface area contributed by atoms with Gasteiger partial charge in [0.1, 0.15) is 11.8 Å². The molecule has 2 fully saturated rings. The third-order valence-corrected chi connectivity index (χ3v) is 6.10. The lowest BCUT2D eigenvalue weighted by Gasteiger charge is -2.28. The lowest BCUT2D eigenvalue weighted by molar-refractivity contribution is -0.121. The van der Waals surface area contributed by atoms with Crippen LogP contribution in [0.5, 0.6) is 0 Å². The van der Waals surface area contributed by atoms with Crippen molar-refractivity contribution in [3.63, 3.8) is 0 Å². The van der Waals surface area contributed by atoms with E-state index in [9.17, 15) is 18.4 Å². The van der Waals surface area contributed by atoms with Crippen molar-refractivity contribution >= 4 is 35.1 Å². The van der Waals surface area contributed by atoms with Crippen LogP contribution in [0.1, 0.15) is 32.6 Å². The van der Waals surface area contributed by atoms with Gasteiger partial charge >= 0.3 is 6.09 Å². The Hall–Kier alpha value is -2.03. The van der Waals surface area contributed by atoms with Crippen LogP contribution in [0.4, 0.5) is 25.0 Å². The molecule has 9 heteroatoms. The van der Waals surface area contributed by atoms with E-state index in [2.05, 4.69) is 5.32 Å². The monoisotopic (exact) mass is 427 g/mol. The van der Waals surface area contributed by atoms with Crippen molar-refractivity contribution in [3.05, 3.63) is 23.8 Å². The maximum atomic E-state index is 14.8. The number of rotatable bonds is 6. The van der Waals surface area contributed by atoms with Crippen LogP contribution in [-0.4, -0.2) is 55.8 Å². The summed E-state index contributed by atoms with van der Waals surface area (Å²) in [4.78, 5) is 26.7. The largest absolute Gasteiger partial charge is 0.442 e. The van der Waals surface area contributed by atoms with E-state index in [4.69, 9.17) is 4.74 Å². The molecule has 1 N–H and O–H groups in total. The number of hydrogen-bond acceptors (Lipinski definition) is 5. The Morgan fingerprint density at radius 3 is 2.52 bits per heavy atom. The first-order valence-electron chi connectivity index (χ1n) is 10.1. The highest BCUT2D eigenvalue weighted by atomic mass is 32.2. The summed E-state index contributed by atoms with van der Waals surface area (Å²) in [5, 5.41) is 2.70. The number of carbonyl (C=O) groups excluding carboxylic acids is 2. The molecule has 1 aromatic carbocycles. The first kappa shape index (κ1) is 21.7. The average Bonchev–Trinajstić information content (AvgIpc) is 3.02. The molecule has 0 aromatic heterocycles. The summed E-state index contributed by atoms with van der Waals surface area (Å²) < 4.78 is 34.9. The van der Waals surface area contributed by atoms with E-state index in [-0.39, 0.29) is 30.4 Å². The van der Waals surface area contributed by atoms with E-state index >= 15 is 0 Å². The molecule has 2 heterocycles. The van der Waals surface area contributed by atoms with Crippen LogP contribution in [0.25, 0.3) is 0 Å². The van der Waals surface area contributed by atoms with Crippen LogP contribution >= 0.6 is 11.8 Å². The third-order valence-electron chi connectivity index (χ3n) is 4.94. The molecule has 2 saturated heterocycles. The molecule has 0 saturated carbocycles. The molecule has 0 spiro atoms. The molecular weight excluding hydrogens is 400 g/mol. The van der Waals surface area contributed by atoms with Crippen LogP contribution in [0.15, 0.2) is 12.1 Å². The SMILES string of the molecule is CCCC(=O)NC[C@H]1CN(c2cc(F)c(N3CCCSCCC3)c(F)c2)C(=O)O1. The molecule has 2 aliphatic heterocycles. The number of nitrogens with zero attached hydrogens (tertiary/aromatic N) is 2. The quantitative estimate of drug-likeness (QED) is 0.753. The number of anilines is 2. The Labute approximate surface area is 173 Å². The van der Waals surface area contributed by atoms with Crippen LogP contribution in [0.2, 0.25) is 0 Å². The van der Waals surface area contributed by atoms with Gasteiger partial charge in [0.25, 0.3) is 0 Å². The molecule has 6 nitrogen and oxygen atoms in total. The van der Waals surface area contributed by atoms with Gasteiger partial charge in [-0.3, -0.25) is 9.69 Å². The minimum atomic E-state index is -0.680. The number of carbonyl (C=O) groups is 2. The molecule has 2 aliphatic rings. The van der Waals surface area contributed by atoms with Gasteiger partial charge in [0.15, 0.2) is 11.6 Å². The first-order chi connectivity index (χ1) is 14.0. The van der Waals surface area contributed by atoms with E-state index in [0.29, 0.717) is 19.5 Å². The summed E-state index contributed by atoms with van der Waals surface area (Å²) in [6.45, 7) is 3.41. The van der Waals surface area contributed by atoms with E-state index in [1.807, 2.05) is 18.7 Å². The number of hydrogen-bond donors (Lipinski definition) is 1. The second-order valence-electron chi connectivity index (χ2n) is 7.23. The zero-order chi connectivity index (χ0) is 20.8.